The fourth-order valence-electron chi connectivity index (χ4n) is 7.02. The summed E-state index contributed by atoms with van der Waals surface area (Å²) in [6, 6.07) is 0. The van der Waals surface area contributed by atoms with Gasteiger partial charge in [-0.2, -0.15) is 0 Å². The number of carbonyl (C=O) groups is 2. The Labute approximate surface area is 324 Å². The molecule has 1 unspecified atom stereocenters. The first kappa shape index (κ1) is 50.6. The second-order valence-corrected chi connectivity index (χ2v) is 15.8. The molecule has 0 aliphatic rings. The van der Waals surface area contributed by atoms with Crippen molar-refractivity contribution in [2.24, 2.45) is 0 Å². The minimum absolute atomic E-state index is 0.0627. The number of carbonyl (C=O) groups excluding carboxylic acids is 2. The number of allylic oxidation sites excluding steroid dienone is 2. The van der Waals surface area contributed by atoms with Gasteiger partial charge in [-0.25, -0.2) is 0 Å². The molecule has 0 amide bonds. The predicted molar refractivity (Wildman–Crippen MR) is 224 cm³/mol. The van der Waals surface area contributed by atoms with Crippen molar-refractivity contribution in [2.45, 2.75) is 264 Å². The van der Waals surface area contributed by atoms with Crippen molar-refractivity contribution in [3.8, 4) is 0 Å². The van der Waals surface area contributed by atoms with E-state index < -0.39 is 6.10 Å². The average molecular weight is 735 g/mol. The largest absolute Gasteiger partial charge is 0.462 e. The van der Waals surface area contributed by atoms with Crippen molar-refractivity contribution in [2.75, 3.05) is 13.2 Å². The van der Waals surface area contributed by atoms with Crippen molar-refractivity contribution < 1.29 is 24.2 Å². The summed E-state index contributed by atoms with van der Waals surface area (Å²) in [5.74, 6) is -0.585. The molecule has 308 valence electrons. The number of unbranched alkanes of at least 4 members (excludes halogenated alkanes) is 33. The van der Waals surface area contributed by atoms with E-state index in [1.807, 2.05) is 0 Å². The lowest BCUT2D eigenvalue weighted by Crippen LogP contribution is -2.28. The van der Waals surface area contributed by atoms with E-state index in [9.17, 15) is 14.7 Å². The van der Waals surface area contributed by atoms with Gasteiger partial charge in [-0.05, 0) is 38.5 Å². The highest BCUT2D eigenvalue weighted by atomic mass is 16.6. The summed E-state index contributed by atoms with van der Waals surface area (Å²) in [6.45, 7) is 4.16. The Morgan fingerprint density at radius 2 is 0.712 bits per heavy atom. The lowest BCUT2D eigenvalue weighted by atomic mass is 10.0. The van der Waals surface area contributed by atoms with Crippen LogP contribution in [0.3, 0.4) is 0 Å². The molecular formula is C47H90O5. The van der Waals surface area contributed by atoms with E-state index >= 15 is 0 Å². The van der Waals surface area contributed by atoms with Gasteiger partial charge in [0.05, 0.1) is 6.61 Å². The maximum absolute atomic E-state index is 12.2. The molecule has 0 saturated carbocycles. The van der Waals surface area contributed by atoms with Crippen LogP contribution in [0.15, 0.2) is 12.2 Å². The molecule has 0 spiro atoms. The maximum Gasteiger partial charge on any atom is 0.306 e. The highest BCUT2D eigenvalue weighted by Crippen LogP contribution is 2.16. The molecule has 0 bridgehead atoms. The molecular weight excluding hydrogens is 645 g/mol. The number of hydrogen-bond acceptors (Lipinski definition) is 5. The summed E-state index contributed by atoms with van der Waals surface area (Å²) in [6.07, 6.45) is 51.5. The quantitative estimate of drug-likeness (QED) is 0.0383. The van der Waals surface area contributed by atoms with Crippen molar-refractivity contribution in [1.82, 2.24) is 0 Å². The van der Waals surface area contributed by atoms with Crippen LogP contribution in [0, 0.1) is 0 Å². The van der Waals surface area contributed by atoms with Crippen molar-refractivity contribution in [1.29, 1.82) is 0 Å². The van der Waals surface area contributed by atoms with Crippen molar-refractivity contribution in [3.63, 3.8) is 0 Å². The zero-order valence-corrected chi connectivity index (χ0v) is 35.1. The van der Waals surface area contributed by atoms with E-state index in [0.29, 0.717) is 12.8 Å². The van der Waals surface area contributed by atoms with Crippen LogP contribution in [0.4, 0.5) is 0 Å². The third-order valence-electron chi connectivity index (χ3n) is 10.6. The maximum atomic E-state index is 12.2. The number of esters is 2. The zero-order valence-electron chi connectivity index (χ0n) is 35.1. The molecule has 0 saturated heterocycles. The van der Waals surface area contributed by atoms with Crippen LogP contribution in [-0.2, 0) is 19.1 Å². The van der Waals surface area contributed by atoms with E-state index in [-0.39, 0.29) is 25.2 Å². The molecule has 0 heterocycles. The first-order valence-electron chi connectivity index (χ1n) is 23.2. The Balaban J connectivity index is 3.45. The van der Waals surface area contributed by atoms with E-state index in [1.165, 1.54) is 193 Å². The molecule has 0 aliphatic carbocycles. The molecule has 0 rings (SSSR count). The first-order chi connectivity index (χ1) is 25.6. The van der Waals surface area contributed by atoms with Gasteiger partial charge in [0.2, 0.25) is 0 Å². The molecule has 52 heavy (non-hydrogen) atoms. The van der Waals surface area contributed by atoms with Gasteiger partial charge >= 0.3 is 11.9 Å². The van der Waals surface area contributed by atoms with Gasteiger partial charge in [-0.1, -0.05) is 219 Å². The van der Waals surface area contributed by atoms with Gasteiger partial charge in [-0.15, -0.1) is 0 Å². The summed E-state index contributed by atoms with van der Waals surface area (Å²) >= 11 is 0. The molecule has 0 aromatic rings. The van der Waals surface area contributed by atoms with Gasteiger partial charge < -0.3 is 14.6 Å². The molecule has 5 heteroatoms. The van der Waals surface area contributed by atoms with E-state index in [2.05, 4.69) is 26.0 Å². The fraction of sp³-hybridized carbons (Fsp3) is 0.915. The second-order valence-electron chi connectivity index (χ2n) is 15.8. The van der Waals surface area contributed by atoms with Crippen LogP contribution in [0.1, 0.15) is 258 Å². The van der Waals surface area contributed by atoms with Crippen molar-refractivity contribution in [3.05, 3.63) is 12.2 Å². The summed E-state index contributed by atoms with van der Waals surface area (Å²) in [7, 11) is 0. The molecule has 5 nitrogen and oxygen atoms in total. The monoisotopic (exact) mass is 735 g/mol. The average Bonchev–Trinajstić information content (AvgIpc) is 3.15. The summed E-state index contributed by atoms with van der Waals surface area (Å²) in [4.78, 5) is 24.3. The summed E-state index contributed by atoms with van der Waals surface area (Å²) in [5, 5.41) is 9.58. The Morgan fingerprint density at radius 3 is 1.04 bits per heavy atom. The van der Waals surface area contributed by atoms with Gasteiger partial charge in [-0.3, -0.25) is 9.59 Å². The number of rotatable bonds is 43. The van der Waals surface area contributed by atoms with E-state index in [1.54, 1.807) is 0 Å². The van der Waals surface area contributed by atoms with Gasteiger partial charge in [0.15, 0.2) is 6.10 Å². The smallest absolute Gasteiger partial charge is 0.306 e. The molecule has 1 N–H and O–H groups in total. The number of hydrogen-bond donors (Lipinski definition) is 1. The molecule has 1 atom stereocenters. The highest BCUT2D eigenvalue weighted by Gasteiger charge is 2.16. The van der Waals surface area contributed by atoms with Crippen LogP contribution in [0.25, 0.3) is 0 Å². The standard InChI is InChI=1S/C47H90O5/c1-3-5-7-9-11-13-15-17-19-20-21-22-23-24-25-26-28-29-31-33-35-37-39-41-46(49)51-44-45(43-48)52-47(50)42-40-38-36-34-32-30-27-18-16-14-12-10-8-6-4-2/h18,27,45,48H,3-17,19-26,28-44H2,1-2H3/b27-18-. The van der Waals surface area contributed by atoms with Crippen LogP contribution in [0.2, 0.25) is 0 Å². The Bertz CT molecular complexity index is 750. The molecule has 0 aliphatic heterocycles. The molecule has 0 radical (unpaired) electrons. The van der Waals surface area contributed by atoms with Gasteiger partial charge in [0.25, 0.3) is 0 Å². The van der Waals surface area contributed by atoms with Crippen molar-refractivity contribution >= 4 is 11.9 Å². The van der Waals surface area contributed by atoms with E-state index in [4.69, 9.17) is 9.47 Å². The minimum Gasteiger partial charge on any atom is -0.462 e. The highest BCUT2D eigenvalue weighted by molar-refractivity contribution is 5.70. The Kier molecular flexibility index (Phi) is 42.9. The molecule has 0 aromatic carbocycles. The van der Waals surface area contributed by atoms with E-state index in [0.717, 1.165) is 38.5 Å². The van der Waals surface area contributed by atoms with Crippen LogP contribution in [-0.4, -0.2) is 36.4 Å². The number of ether oxygens (including phenoxy) is 2. The SMILES string of the molecule is CCCCCCCC/C=C\CCCCCCCC(=O)OC(CO)COC(=O)CCCCCCCCCCCCCCCCCCCCCCCCC. The molecule has 0 aromatic heterocycles. The van der Waals surface area contributed by atoms with Crippen LogP contribution >= 0.6 is 0 Å². The Morgan fingerprint density at radius 1 is 0.423 bits per heavy atom. The first-order valence-corrected chi connectivity index (χ1v) is 23.2. The van der Waals surface area contributed by atoms with Crippen LogP contribution in [0.5, 0.6) is 0 Å². The minimum atomic E-state index is -0.769. The number of aliphatic hydroxyl groups is 1. The number of aliphatic hydroxyl groups excluding tert-OH is 1. The van der Waals surface area contributed by atoms with Gasteiger partial charge in [0.1, 0.15) is 6.61 Å². The molecule has 0 fully saturated rings. The summed E-state index contributed by atoms with van der Waals surface area (Å²) < 4.78 is 10.6. The normalized spacial score (nSPS) is 12.1. The Hall–Kier alpha value is -1.36. The summed E-state index contributed by atoms with van der Waals surface area (Å²) in [5.41, 5.74) is 0. The topological polar surface area (TPSA) is 72.8 Å². The fourth-order valence-corrected chi connectivity index (χ4v) is 7.02. The van der Waals surface area contributed by atoms with Gasteiger partial charge in [0, 0.05) is 12.8 Å². The van der Waals surface area contributed by atoms with Crippen LogP contribution < -0.4 is 0 Å². The second kappa shape index (κ2) is 44.0. The lowest BCUT2D eigenvalue weighted by Gasteiger charge is -2.15. The lowest BCUT2D eigenvalue weighted by molar-refractivity contribution is -0.161. The predicted octanol–water partition coefficient (Wildman–Crippen LogP) is 14.9. The zero-order chi connectivity index (χ0) is 37.8. The third kappa shape index (κ3) is 41.4. The third-order valence-corrected chi connectivity index (χ3v) is 10.6.